The second-order valence-corrected chi connectivity index (χ2v) is 3.23. The number of nitrogens with zero attached hydrogens (tertiary/aromatic N) is 1. The molecule has 0 spiro atoms. The Balaban J connectivity index is 2.50. The van der Waals surface area contributed by atoms with Crippen molar-refractivity contribution < 1.29 is 0 Å². The Bertz CT molecular complexity index is 417. The third kappa shape index (κ3) is 1.42. The molecule has 0 saturated carbocycles. The average Bonchev–Trinajstić information content (AvgIpc) is 2.48. The van der Waals surface area contributed by atoms with E-state index in [1.165, 1.54) is 10.9 Å². The van der Waals surface area contributed by atoms with Crippen LogP contribution >= 0.6 is 0 Å². The topological polar surface area (TPSA) is 40.7 Å². The summed E-state index contributed by atoms with van der Waals surface area (Å²) in [6.45, 7) is 2.93. The lowest BCUT2D eigenvalue weighted by Gasteiger charge is -1.98. The van der Waals surface area contributed by atoms with E-state index in [2.05, 4.69) is 33.7 Å². The Labute approximate surface area is 77.2 Å². The van der Waals surface area contributed by atoms with Gasteiger partial charge in [0.2, 0.25) is 0 Å². The number of rotatable bonds is 2. The monoisotopic (exact) mass is 175 g/mol. The molecule has 3 heteroatoms. The summed E-state index contributed by atoms with van der Waals surface area (Å²) in [5.41, 5.74) is 3.44. The molecule has 0 aliphatic carbocycles. The van der Waals surface area contributed by atoms with E-state index in [9.17, 15) is 0 Å². The van der Waals surface area contributed by atoms with E-state index >= 15 is 0 Å². The number of H-pyrrole nitrogens is 1. The molecular formula is C10H13N3. The van der Waals surface area contributed by atoms with Gasteiger partial charge in [-0.1, -0.05) is 12.1 Å². The zero-order chi connectivity index (χ0) is 9.26. The van der Waals surface area contributed by atoms with E-state index in [4.69, 9.17) is 0 Å². The van der Waals surface area contributed by atoms with Crippen LogP contribution in [-0.2, 0) is 6.54 Å². The van der Waals surface area contributed by atoms with Gasteiger partial charge in [0.15, 0.2) is 0 Å². The minimum absolute atomic E-state index is 0.891. The number of hydrogen-bond donors (Lipinski definition) is 2. The molecule has 0 unspecified atom stereocenters. The Morgan fingerprint density at radius 1 is 1.46 bits per heavy atom. The highest BCUT2D eigenvalue weighted by molar-refractivity contribution is 5.81. The highest BCUT2D eigenvalue weighted by Gasteiger charge is 2.00. The maximum Gasteiger partial charge on any atom is 0.0926 e. The van der Waals surface area contributed by atoms with E-state index < -0.39 is 0 Å². The van der Waals surface area contributed by atoms with Gasteiger partial charge in [-0.3, -0.25) is 5.10 Å². The van der Waals surface area contributed by atoms with Gasteiger partial charge in [0.1, 0.15) is 0 Å². The van der Waals surface area contributed by atoms with Gasteiger partial charge in [0.25, 0.3) is 0 Å². The lowest BCUT2D eigenvalue weighted by molar-refractivity contribution is 0.819. The molecule has 0 atom stereocenters. The Morgan fingerprint density at radius 2 is 2.31 bits per heavy atom. The van der Waals surface area contributed by atoms with Crippen LogP contribution in [0.4, 0.5) is 0 Å². The number of aromatic amines is 1. The van der Waals surface area contributed by atoms with Crippen LogP contribution in [0, 0.1) is 6.92 Å². The molecule has 0 saturated heterocycles. The van der Waals surface area contributed by atoms with Crippen molar-refractivity contribution in [1.29, 1.82) is 0 Å². The standard InChI is InChI=1S/C10H13N3/c1-7-9-4-3-8(6-11-2)5-10(9)13-12-7/h3-5,11H,6H2,1-2H3,(H,12,13). The van der Waals surface area contributed by atoms with Gasteiger partial charge >= 0.3 is 0 Å². The van der Waals surface area contributed by atoms with Crippen molar-refractivity contribution in [1.82, 2.24) is 15.5 Å². The fourth-order valence-corrected chi connectivity index (χ4v) is 1.51. The van der Waals surface area contributed by atoms with Crippen molar-refractivity contribution in [3.63, 3.8) is 0 Å². The predicted molar refractivity (Wildman–Crippen MR) is 53.6 cm³/mol. The summed E-state index contributed by atoms with van der Waals surface area (Å²) < 4.78 is 0. The lowest BCUT2D eigenvalue weighted by Crippen LogP contribution is -2.04. The van der Waals surface area contributed by atoms with Crippen molar-refractivity contribution >= 4 is 10.9 Å². The van der Waals surface area contributed by atoms with Crippen LogP contribution in [0.3, 0.4) is 0 Å². The van der Waals surface area contributed by atoms with Gasteiger partial charge in [-0.05, 0) is 25.6 Å². The molecule has 1 aromatic carbocycles. The molecule has 68 valence electrons. The van der Waals surface area contributed by atoms with Crippen molar-refractivity contribution in [2.75, 3.05) is 7.05 Å². The number of hydrogen-bond acceptors (Lipinski definition) is 2. The van der Waals surface area contributed by atoms with Crippen LogP contribution in [0.25, 0.3) is 10.9 Å². The van der Waals surface area contributed by atoms with E-state index in [0.29, 0.717) is 0 Å². The second-order valence-electron chi connectivity index (χ2n) is 3.23. The summed E-state index contributed by atoms with van der Waals surface area (Å²) in [4.78, 5) is 0. The van der Waals surface area contributed by atoms with Gasteiger partial charge < -0.3 is 5.32 Å². The molecule has 0 aliphatic rings. The Morgan fingerprint density at radius 3 is 3.08 bits per heavy atom. The summed E-state index contributed by atoms with van der Waals surface area (Å²) in [5, 5.41) is 11.5. The molecule has 2 N–H and O–H groups in total. The first kappa shape index (κ1) is 8.26. The van der Waals surface area contributed by atoms with Crippen molar-refractivity contribution in [2.24, 2.45) is 0 Å². The lowest BCUT2D eigenvalue weighted by atomic mass is 10.1. The van der Waals surface area contributed by atoms with Crippen LogP contribution in [-0.4, -0.2) is 17.2 Å². The average molecular weight is 175 g/mol. The summed E-state index contributed by atoms with van der Waals surface area (Å²) >= 11 is 0. The molecule has 1 heterocycles. The molecular weight excluding hydrogens is 162 g/mol. The summed E-state index contributed by atoms with van der Waals surface area (Å²) in [6, 6.07) is 6.34. The fourth-order valence-electron chi connectivity index (χ4n) is 1.51. The molecule has 3 nitrogen and oxygen atoms in total. The molecule has 0 aliphatic heterocycles. The van der Waals surface area contributed by atoms with Crippen LogP contribution in [0.2, 0.25) is 0 Å². The highest BCUT2D eigenvalue weighted by atomic mass is 15.1. The van der Waals surface area contributed by atoms with Crippen molar-refractivity contribution in [2.45, 2.75) is 13.5 Å². The van der Waals surface area contributed by atoms with Crippen molar-refractivity contribution in [3.8, 4) is 0 Å². The zero-order valence-corrected chi connectivity index (χ0v) is 7.89. The minimum atomic E-state index is 0.891. The highest BCUT2D eigenvalue weighted by Crippen LogP contribution is 2.16. The summed E-state index contributed by atoms with van der Waals surface area (Å²) in [6.07, 6.45) is 0. The number of aromatic nitrogens is 2. The smallest absolute Gasteiger partial charge is 0.0926 e. The Hall–Kier alpha value is -1.35. The third-order valence-corrected chi connectivity index (χ3v) is 2.19. The van der Waals surface area contributed by atoms with E-state index in [1.807, 2.05) is 14.0 Å². The van der Waals surface area contributed by atoms with Gasteiger partial charge in [-0.2, -0.15) is 5.10 Å². The number of aryl methyl sites for hydroxylation is 1. The second kappa shape index (κ2) is 3.18. The van der Waals surface area contributed by atoms with Gasteiger partial charge in [0, 0.05) is 17.6 Å². The molecule has 2 rings (SSSR count). The zero-order valence-electron chi connectivity index (χ0n) is 7.89. The van der Waals surface area contributed by atoms with Crippen LogP contribution in [0.5, 0.6) is 0 Å². The van der Waals surface area contributed by atoms with E-state index in [0.717, 1.165) is 17.8 Å². The molecule has 2 aromatic rings. The summed E-state index contributed by atoms with van der Waals surface area (Å²) in [5.74, 6) is 0. The molecule has 1 aromatic heterocycles. The number of fused-ring (bicyclic) bond motifs is 1. The van der Waals surface area contributed by atoms with Crippen LogP contribution in [0.15, 0.2) is 18.2 Å². The normalized spacial score (nSPS) is 10.9. The molecule has 0 fully saturated rings. The quantitative estimate of drug-likeness (QED) is 0.727. The molecule has 0 bridgehead atoms. The molecule has 0 radical (unpaired) electrons. The number of nitrogens with one attached hydrogen (secondary N) is 2. The number of benzene rings is 1. The predicted octanol–water partition coefficient (Wildman–Crippen LogP) is 1.59. The minimum Gasteiger partial charge on any atom is -0.316 e. The first-order valence-electron chi connectivity index (χ1n) is 4.39. The van der Waals surface area contributed by atoms with Crippen LogP contribution in [0.1, 0.15) is 11.3 Å². The maximum atomic E-state index is 4.21. The molecule has 13 heavy (non-hydrogen) atoms. The Kier molecular flexibility index (Phi) is 2.02. The van der Waals surface area contributed by atoms with Crippen LogP contribution < -0.4 is 5.32 Å². The van der Waals surface area contributed by atoms with E-state index in [1.54, 1.807) is 0 Å². The SMILES string of the molecule is CNCc1ccc2c(C)[nH]nc2c1. The third-order valence-electron chi connectivity index (χ3n) is 2.19. The first-order valence-corrected chi connectivity index (χ1v) is 4.39. The first-order chi connectivity index (χ1) is 6.31. The van der Waals surface area contributed by atoms with Gasteiger partial charge in [-0.25, -0.2) is 0 Å². The largest absolute Gasteiger partial charge is 0.316 e. The fraction of sp³-hybridized carbons (Fsp3) is 0.300. The van der Waals surface area contributed by atoms with Crippen molar-refractivity contribution in [3.05, 3.63) is 29.5 Å². The molecule has 0 amide bonds. The summed E-state index contributed by atoms with van der Waals surface area (Å²) in [7, 11) is 1.94. The van der Waals surface area contributed by atoms with Gasteiger partial charge in [-0.15, -0.1) is 0 Å². The maximum absolute atomic E-state index is 4.21. The van der Waals surface area contributed by atoms with Gasteiger partial charge in [0.05, 0.1) is 5.52 Å². The van der Waals surface area contributed by atoms with E-state index in [-0.39, 0.29) is 0 Å².